The molecule has 1 aliphatic carbocycles. The first-order valence-corrected chi connectivity index (χ1v) is 8.11. The second kappa shape index (κ2) is 7.86. The van der Waals surface area contributed by atoms with Gasteiger partial charge in [0, 0.05) is 24.3 Å². The van der Waals surface area contributed by atoms with Gasteiger partial charge in [0.25, 0.3) is 0 Å². The lowest BCUT2D eigenvalue weighted by Crippen LogP contribution is -2.28. The van der Waals surface area contributed by atoms with E-state index in [1.54, 1.807) is 0 Å². The van der Waals surface area contributed by atoms with Crippen LogP contribution in [-0.2, 0) is 6.54 Å². The third-order valence-electron chi connectivity index (χ3n) is 4.73. The summed E-state index contributed by atoms with van der Waals surface area (Å²) >= 11 is 0. The molecule has 0 bridgehead atoms. The second-order valence-corrected chi connectivity index (χ2v) is 6.38. The Bertz CT molecular complexity index is 543. The van der Waals surface area contributed by atoms with E-state index in [-0.39, 0.29) is 12.4 Å². The average Bonchev–Trinajstić information content (AvgIpc) is 2.95. The number of aromatic nitrogens is 1. The zero-order chi connectivity index (χ0) is 13.8. The predicted molar refractivity (Wildman–Crippen MR) is 93.0 cm³/mol. The number of halogens is 1. The molecule has 0 aliphatic heterocycles. The van der Waals surface area contributed by atoms with Gasteiger partial charge in [0.15, 0.2) is 0 Å². The van der Waals surface area contributed by atoms with Crippen LogP contribution in [0, 0.1) is 5.92 Å². The third kappa shape index (κ3) is 4.24. The topological polar surface area (TPSA) is 27.8 Å². The lowest BCUT2D eigenvalue weighted by molar-refractivity contribution is 0.305. The van der Waals surface area contributed by atoms with Crippen LogP contribution in [-0.4, -0.2) is 11.0 Å². The van der Waals surface area contributed by atoms with Crippen molar-refractivity contribution in [2.24, 2.45) is 5.92 Å². The highest BCUT2D eigenvalue weighted by Gasteiger charge is 2.16. The molecular formula is C18H27ClN2. The molecule has 1 unspecified atom stereocenters. The lowest BCUT2D eigenvalue weighted by atomic mass is 9.85. The molecule has 1 atom stereocenters. The number of hydrogen-bond donors (Lipinski definition) is 2. The van der Waals surface area contributed by atoms with Gasteiger partial charge in [0.05, 0.1) is 0 Å². The largest absolute Gasteiger partial charge is 0.361 e. The van der Waals surface area contributed by atoms with E-state index in [4.69, 9.17) is 0 Å². The van der Waals surface area contributed by atoms with Crippen LogP contribution in [0.1, 0.15) is 51.0 Å². The van der Waals surface area contributed by atoms with Crippen LogP contribution in [0.25, 0.3) is 10.9 Å². The maximum atomic E-state index is 3.71. The van der Waals surface area contributed by atoms with E-state index in [9.17, 15) is 0 Å². The first-order chi connectivity index (χ1) is 9.83. The zero-order valence-electron chi connectivity index (χ0n) is 12.9. The van der Waals surface area contributed by atoms with Gasteiger partial charge in [0.2, 0.25) is 0 Å². The summed E-state index contributed by atoms with van der Waals surface area (Å²) < 4.78 is 0. The summed E-state index contributed by atoms with van der Waals surface area (Å²) in [4.78, 5) is 3.35. The van der Waals surface area contributed by atoms with Gasteiger partial charge in [-0.1, -0.05) is 50.3 Å². The molecule has 2 aromatic rings. The van der Waals surface area contributed by atoms with E-state index in [1.165, 1.54) is 55.0 Å². The van der Waals surface area contributed by atoms with E-state index in [0.29, 0.717) is 6.04 Å². The Labute approximate surface area is 134 Å². The third-order valence-corrected chi connectivity index (χ3v) is 4.73. The van der Waals surface area contributed by atoms with Crippen LogP contribution in [0.15, 0.2) is 30.5 Å². The smallest absolute Gasteiger partial charge is 0.0499 e. The Balaban J connectivity index is 0.00000161. The Morgan fingerprint density at radius 2 is 2.00 bits per heavy atom. The first kappa shape index (κ1) is 16.4. The summed E-state index contributed by atoms with van der Waals surface area (Å²) in [6, 6.07) is 9.30. The molecule has 0 spiro atoms. The van der Waals surface area contributed by atoms with Crippen LogP contribution in [0.4, 0.5) is 0 Å². The van der Waals surface area contributed by atoms with Gasteiger partial charge >= 0.3 is 0 Å². The van der Waals surface area contributed by atoms with Crippen LogP contribution >= 0.6 is 12.4 Å². The molecule has 3 rings (SSSR count). The SMILES string of the molecule is CC(CC1CCCCC1)NCc1cccc2cc[nH]c12.Cl. The lowest BCUT2D eigenvalue weighted by Gasteiger charge is -2.25. The summed E-state index contributed by atoms with van der Waals surface area (Å²) in [6.07, 6.45) is 10.6. The van der Waals surface area contributed by atoms with Crippen molar-refractivity contribution in [3.05, 3.63) is 36.0 Å². The number of H-pyrrole nitrogens is 1. The van der Waals surface area contributed by atoms with Gasteiger partial charge in [-0.05, 0) is 36.3 Å². The molecule has 1 aliphatic rings. The molecule has 1 aromatic heterocycles. The number of rotatable bonds is 5. The van der Waals surface area contributed by atoms with Gasteiger partial charge < -0.3 is 10.3 Å². The number of hydrogen-bond acceptors (Lipinski definition) is 1. The summed E-state index contributed by atoms with van der Waals surface area (Å²) in [5, 5.41) is 5.02. The summed E-state index contributed by atoms with van der Waals surface area (Å²) in [7, 11) is 0. The molecule has 2 nitrogen and oxygen atoms in total. The van der Waals surface area contributed by atoms with Crippen molar-refractivity contribution in [2.45, 2.75) is 58.0 Å². The number of benzene rings is 1. The number of aromatic amines is 1. The van der Waals surface area contributed by atoms with Gasteiger partial charge in [0.1, 0.15) is 0 Å². The molecule has 1 heterocycles. The minimum atomic E-state index is 0. The molecule has 1 aromatic carbocycles. The van der Waals surface area contributed by atoms with E-state index in [2.05, 4.69) is 41.5 Å². The number of fused-ring (bicyclic) bond motifs is 1. The molecule has 21 heavy (non-hydrogen) atoms. The van der Waals surface area contributed by atoms with Crippen molar-refractivity contribution >= 4 is 23.3 Å². The van der Waals surface area contributed by atoms with E-state index < -0.39 is 0 Å². The Hall–Kier alpha value is -0.990. The second-order valence-electron chi connectivity index (χ2n) is 6.38. The highest BCUT2D eigenvalue weighted by atomic mass is 35.5. The Morgan fingerprint density at radius 3 is 2.81 bits per heavy atom. The monoisotopic (exact) mass is 306 g/mol. The highest BCUT2D eigenvalue weighted by molar-refractivity contribution is 5.85. The maximum absolute atomic E-state index is 3.71. The molecule has 1 saturated carbocycles. The summed E-state index contributed by atoms with van der Waals surface area (Å²) in [6.45, 7) is 3.30. The fourth-order valence-corrected chi connectivity index (χ4v) is 3.59. The molecule has 0 radical (unpaired) electrons. The van der Waals surface area contributed by atoms with Crippen LogP contribution in [0.3, 0.4) is 0 Å². The quantitative estimate of drug-likeness (QED) is 0.796. The van der Waals surface area contributed by atoms with Crippen molar-refractivity contribution in [3.8, 4) is 0 Å². The van der Waals surface area contributed by atoms with E-state index in [0.717, 1.165) is 12.5 Å². The number of nitrogens with one attached hydrogen (secondary N) is 2. The molecular weight excluding hydrogens is 280 g/mol. The fourth-order valence-electron chi connectivity index (χ4n) is 3.59. The predicted octanol–water partition coefficient (Wildman–Crippen LogP) is 5.04. The van der Waals surface area contributed by atoms with Crippen molar-refractivity contribution in [3.63, 3.8) is 0 Å². The molecule has 0 saturated heterocycles. The van der Waals surface area contributed by atoms with Crippen molar-refractivity contribution < 1.29 is 0 Å². The highest BCUT2D eigenvalue weighted by Crippen LogP contribution is 2.27. The first-order valence-electron chi connectivity index (χ1n) is 8.11. The zero-order valence-corrected chi connectivity index (χ0v) is 13.7. The molecule has 1 fully saturated rings. The van der Waals surface area contributed by atoms with E-state index >= 15 is 0 Å². The molecule has 2 N–H and O–H groups in total. The van der Waals surface area contributed by atoms with Crippen molar-refractivity contribution in [1.82, 2.24) is 10.3 Å². The van der Waals surface area contributed by atoms with Crippen molar-refractivity contribution in [1.29, 1.82) is 0 Å². The van der Waals surface area contributed by atoms with Gasteiger partial charge in [-0.3, -0.25) is 0 Å². The summed E-state index contributed by atoms with van der Waals surface area (Å²) in [5.74, 6) is 0.951. The van der Waals surface area contributed by atoms with Crippen LogP contribution in [0.5, 0.6) is 0 Å². The molecule has 116 valence electrons. The Morgan fingerprint density at radius 1 is 1.19 bits per heavy atom. The standard InChI is InChI=1S/C18H26N2.ClH/c1-14(12-15-6-3-2-4-7-15)20-13-17-9-5-8-16-10-11-19-18(16)17;/h5,8-11,14-15,19-20H,2-4,6-7,12-13H2,1H3;1H. The maximum Gasteiger partial charge on any atom is 0.0499 e. The van der Waals surface area contributed by atoms with Gasteiger partial charge in [-0.2, -0.15) is 0 Å². The fraction of sp³-hybridized carbons (Fsp3) is 0.556. The van der Waals surface area contributed by atoms with Gasteiger partial charge in [-0.25, -0.2) is 0 Å². The average molecular weight is 307 g/mol. The van der Waals surface area contributed by atoms with E-state index in [1.807, 2.05) is 6.20 Å². The molecule has 0 amide bonds. The minimum absolute atomic E-state index is 0. The van der Waals surface area contributed by atoms with Gasteiger partial charge in [-0.15, -0.1) is 12.4 Å². The van der Waals surface area contributed by atoms with Crippen LogP contribution in [0.2, 0.25) is 0 Å². The number of para-hydroxylation sites is 1. The Kier molecular flexibility index (Phi) is 6.13. The van der Waals surface area contributed by atoms with Crippen molar-refractivity contribution in [2.75, 3.05) is 0 Å². The van der Waals surface area contributed by atoms with Crippen LogP contribution < -0.4 is 5.32 Å². The molecule has 3 heteroatoms. The normalized spacial score (nSPS) is 17.6. The summed E-state index contributed by atoms with van der Waals surface area (Å²) in [5.41, 5.74) is 2.66. The minimum Gasteiger partial charge on any atom is -0.361 e.